The molecule has 1 aliphatic carbocycles. The zero-order valence-electron chi connectivity index (χ0n) is 14.9. The molecule has 0 radical (unpaired) electrons. The van der Waals surface area contributed by atoms with Gasteiger partial charge in [-0.2, -0.15) is 10.2 Å². The number of hydrogen-bond donors (Lipinski definition) is 2. The first-order chi connectivity index (χ1) is 14.4. The van der Waals surface area contributed by atoms with Crippen LogP contribution in [-0.2, 0) is 9.59 Å². The summed E-state index contributed by atoms with van der Waals surface area (Å²) < 4.78 is 0. The van der Waals surface area contributed by atoms with Crippen LogP contribution in [0, 0.1) is 0 Å². The predicted octanol–water partition coefficient (Wildman–Crippen LogP) is -0.486. The number of allylic oxidation sites excluding steroid dienone is 2. The van der Waals surface area contributed by atoms with Crippen LogP contribution < -0.4 is 20.4 Å². The lowest BCUT2D eigenvalue weighted by atomic mass is 10.1. The number of Topliss-reactive ketones (excluding diaryl/α,β-unsaturated/α-hetero) is 2. The number of aromatic amines is 4. The number of carbonyl (C=O) groups excluding carboxylic acids is 2. The number of nitrogens with one attached hydrogen (secondary N) is 4. The van der Waals surface area contributed by atoms with E-state index in [1.807, 2.05) is 48.5 Å². The van der Waals surface area contributed by atoms with E-state index in [9.17, 15) is 19.8 Å². The molecular weight excluding hydrogens is 435 g/mol. The van der Waals surface area contributed by atoms with Crippen LogP contribution in [0.25, 0.3) is 22.1 Å². The Bertz CT molecular complexity index is 1110. The quantitative estimate of drug-likeness (QED) is 0.345. The minimum Gasteiger partial charge on any atom is -0.869 e. The molecule has 4 N–H and O–H groups in total. The van der Waals surface area contributed by atoms with E-state index in [0.29, 0.717) is 0 Å². The lowest BCUT2D eigenvalue weighted by molar-refractivity contribution is -0.427. The van der Waals surface area contributed by atoms with Gasteiger partial charge in [0, 0.05) is 10.2 Å². The van der Waals surface area contributed by atoms with Gasteiger partial charge >= 0.3 is 0 Å². The van der Waals surface area contributed by atoms with E-state index in [2.05, 4.69) is 30.8 Å². The molecule has 10 nitrogen and oxygen atoms in total. The number of benzene rings is 2. The van der Waals surface area contributed by atoms with Crippen LogP contribution in [0.4, 0.5) is 0 Å². The molecular formula is C18H12Cl2N6O4. The Morgan fingerprint density at radius 2 is 1.07 bits per heavy atom. The maximum atomic E-state index is 10.7. The van der Waals surface area contributed by atoms with Gasteiger partial charge in [-0.25, -0.2) is 0 Å². The number of aromatic nitrogens is 6. The van der Waals surface area contributed by atoms with Gasteiger partial charge in [0.1, 0.15) is 0 Å². The number of fused-ring (bicyclic) bond motifs is 2. The summed E-state index contributed by atoms with van der Waals surface area (Å²) in [7, 11) is 0. The molecule has 0 fully saturated rings. The van der Waals surface area contributed by atoms with E-state index in [1.54, 1.807) is 0 Å². The highest BCUT2D eigenvalue weighted by Gasteiger charge is 2.22. The third-order valence-corrected chi connectivity index (χ3v) is 4.44. The number of hydrogen-bond acceptors (Lipinski definition) is 6. The van der Waals surface area contributed by atoms with E-state index in [-0.39, 0.29) is 0 Å². The molecule has 0 aliphatic heterocycles. The summed E-state index contributed by atoms with van der Waals surface area (Å²) in [5, 5.41) is 38.6. The van der Waals surface area contributed by atoms with Gasteiger partial charge < -0.3 is 10.2 Å². The molecule has 2 aromatic heterocycles. The third-order valence-electron chi connectivity index (χ3n) is 3.75. The van der Waals surface area contributed by atoms with Gasteiger partial charge in [0.2, 0.25) is 11.0 Å². The Balaban J connectivity index is 0.000000130. The Kier molecular flexibility index (Phi) is 6.40. The molecule has 152 valence electrons. The second-order valence-corrected chi connectivity index (χ2v) is 6.43. The topological polar surface area (TPSA) is 166 Å². The average Bonchev–Trinajstić information content (AvgIpc) is 3.45. The molecule has 0 amide bonds. The summed E-state index contributed by atoms with van der Waals surface area (Å²) >= 11 is 10.2. The third kappa shape index (κ3) is 4.45. The maximum absolute atomic E-state index is 10.7. The molecule has 5 rings (SSSR count). The Morgan fingerprint density at radius 1 is 0.700 bits per heavy atom. The van der Waals surface area contributed by atoms with Crippen molar-refractivity contribution in [1.82, 2.24) is 20.6 Å². The lowest BCUT2D eigenvalue weighted by Gasteiger charge is -2.23. The van der Waals surface area contributed by atoms with Crippen LogP contribution in [-0.4, -0.2) is 32.2 Å². The van der Waals surface area contributed by atoms with Crippen molar-refractivity contribution >= 4 is 56.8 Å². The number of rotatable bonds is 0. The molecule has 2 heterocycles. The number of H-pyrrole nitrogens is 4. The second kappa shape index (κ2) is 9.16. The normalized spacial score (nSPS) is 13.8. The Hall–Kier alpha value is -3.76. The van der Waals surface area contributed by atoms with Gasteiger partial charge in [-0.1, -0.05) is 57.9 Å². The van der Waals surface area contributed by atoms with E-state index < -0.39 is 33.1 Å². The van der Waals surface area contributed by atoms with Crippen molar-refractivity contribution in [3.05, 3.63) is 70.1 Å². The first-order valence-electron chi connectivity index (χ1n) is 8.24. The van der Waals surface area contributed by atoms with Crippen LogP contribution >= 0.6 is 23.2 Å². The van der Waals surface area contributed by atoms with Gasteiger partial charge in [0.15, 0.2) is 22.6 Å². The van der Waals surface area contributed by atoms with Crippen molar-refractivity contribution in [2.24, 2.45) is 0 Å². The Labute approximate surface area is 177 Å². The summed E-state index contributed by atoms with van der Waals surface area (Å²) in [5.41, 5.74) is 4.02. The van der Waals surface area contributed by atoms with Crippen molar-refractivity contribution in [3.8, 4) is 0 Å². The van der Waals surface area contributed by atoms with Gasteiger partial charge in [0.05, 0.1) is 10.1 Å². The maximum Gasteiger partial charge on any atom is 0.248 e. The molecule has 30 heavy (non-hydrogen) atoms. The van der Waals surface area contributed by atoms with Crippen molar-refractivity contribution in [2.45, 2.75) is 0 Å². The summed E-state index contributed by atoms with van der Waals surface area (Å²) in [4.78, 5) is 21.4. The standard InChI is InChI=1S/C6H2Cl2O4.2C6H5N3/c7-1-3(9)5(11)2(8)6(12)4(1)10;2*1-2-4-6-5(3-1)7-9-8-6/h9,12H;2*1-4H,(H,7,8,9). The van der Waals surface area contributed by atoms with Crippen LogP contribution in [0.15, 0.2) is 70.1 Å². The molecule has 0 unspecified atom stereocenters. The summed E-state index contributed by atoms with van der Waals surface area (Å²) in [6.45, 7) is 0. The molecule has 12 heteroatoms. The summed E-state index contributed by atoms with van der Waals surface area (Å²) in [6, 6.07) is 15.7. The van der Waals surface area contributed by atoms with Crippen LogP contribution in [0.3, 0.4) is 0 Å². The number of halogens is 2. The largest absolute Gasteiger partial charge is 0.869 e. The van der Waals surface area contributed by atoms with E-state index in [4.69, 9.17) is 23.2 Å². The smallest absolute Gasteiger partial charge is 0.248 e. The van der Waals surface area contributed by atoms with Crippen molar-refractivity contribution in [3.63, 3.8) is 0 Å². The van der Waals surface area contributed by atoms with E-state index in [0.717, 1.165) is 22.1 Å². The Morgan fingerprint density at radius 3 is 1.43 bits per heavy atom. The molecule has 1 aliphatic rings. The van der Waals surface area contributed by atoms with Crippen molar-refractivity contribution < 1.29 is 30.0 Å². The highest BCUT2D eigenvalue weighted by molar-refractivity contribution is 6.55. The number of para-hydroxylation sites is 4. The van der Waals surface area contributed by atoms with Crippen LogP contribution in [0.5, 0.6) is 0 Å². The highest BCUT2D eigenvalue weighted by Crippen LogP contribution is 2.23. The van der Waals surface area contributed by atoms with E-state index in [1.165, 1.54) is 0 Å². The van der Waals surface area contributed by atoms with Gasteiger partial charge in [-0.05, 0) is 35.8 Å². The van der Waals surface area contributed by atoms with Crippen molar-refractivity contribution in [2.75, 3.05) is 0 Å². The zero-order chi connectivity index (χ0) is 21.7. The minimum atomic E-state index is -1.23. The molecule has 4 aromatic rings. The van der Waals surface area contributed by atoms with Crippen LogP contribution in [0.2, 0.25) is 0 Å². The molecule has 0 bridgehead atoms. The fraction of sp³-hybridized carbons (Fsp3) is 0. The second-order valence-electron chi connectivity index (χ2n) is 5.68. The molecule has 2 aromatic carbocycles. The average molecular weight is 447 g/mol. The van der Waals surface area contributed by atoms with Gasteiger partial charge in [0.25, 0.3) is 0 Å². The fourth-order valence-electron chi connectivity index (χ4n) is 2.26. The molecule has 0 spiro atoms. The number of nitrogens with zero attached hydrogens (tertiary/aromatic N) is 2. The molecule has 0 atom stereocenters. The zero-order valence-corrected chi connectivity index (χ0v) is 16.4. The molecule has 0 saturated heterocycles. The van der Waals surface area contributed by atoms with E-state index >= 15 is 0 Å². The fourth-order valence-corrected chi connectivity index (χ4v) is 2.60. The van der Waals surface area contributed by atoms with Gasteiger partial charge in [-0.3, -0.25) is 9.59 Å². The number of ketones is 2. The summed E-state index contributed by atoms with van der Waals surface area (Å²) in [6.07, 6.45) is 0. The van der Waals surface area contributed by atoms with Crippen LogP contribution in [0.1, 0.15) is 0 Å². The SMILES string of the molecule is O=C1C([O-])=C(Cl)C(=O)C([O-])=C1Cl.c1ccc2[nH+][nH]nc2c1.c1ccc2[nH+][nH]nc2c1. The highest BCUT2D eigenvalue weighted by atomic mass is 35.5. The van der Waals surface area contributed by atoms with Crippen molar-refractivity contribution in [1.29, 1.82) is 0 Å². The minimum absolute atomic E-state index is 0.894. The summed E-state index contributed by atoms with van der Waals surface area (Å²) in [5.74, 6) is -4.92. The lowest BCUT2D eigenvalue weighted by Crippen LogP contribution is -2.31. The first kappa shape index (κ1) is 21.0. The first-order valence-corrected chi connectivity index (χ1v) is 9.00. The molecule has 0 saturated carbocycles. The predicted molar refractivity (Wildman–Crippen MR) is 101 cm³/mol. The number of carbonyl (C=O) groups is 2. The van der Waals surface area contributed by atoms with Gasteiger partial charge in [-0.15, -0.1) is 0 Å². The monoisotopic (exact) mass is 446 g/mol.